The highest BCUT2D eigenvalue weighted by atomic mass is 35.5. The molecule has 1 aromatic heterocycles. The van der Waals surface area contributed by atoms with Gasteiger partial charge in [0.25, 0.3) is 0 Å². The maximum Gasteiger partial charge on any atom is 0.316 e. The molecule has 0 saturated carbocycles. The zero-order valence-electron chi connectivity index (χ0n) is 20.8. The highest BCUT2D eigenvalue weighted by molar-refractivity contribution is 6.30. The van der Waals surface area contributed by atoms with Crippen molar-refractivity contribution in [1.82, 2.24) is 15.1 Å². The molecule has 0 bridgehead atoms. The molecule has 2 heterocycles. The maximum atomic E-state index is 13.5. The monoisotopic (exact) mass is 476 g/mol. The molecule has 1 aromatic carbocycles. The molecule has 8 heteroatoms. The second-order valence-corrected chi connectivity index (χ2v) is 11.8. The summed E-state index contributed by atoms with van der Waals surface area (Å²) in [6.07, 6.45) is 1.10. The molecular weight excluding hydrogens is 440 g/mol. The number of aliphatic hydroxyl groups is 1. The van der Waals surface area contributed by atoms with Gasteiger partial charge in [0.05, 0.1) is 5.60 Å². The number of likely N-dealkylation sites (tertiary alicyclic amines) is 1. The quantitative estimate of drug-likeness (QED) is 0.616. The standard InChI is InChI=1S/C25H37ClN4O3/c1-16(2)20(27-22-29-28-19(33-22)14-23(3,4)5)21(31)30-13-12-25(32,24(6,7)15-30)17-8-10-18(26)11-9-17/h8-11,16,20,32H,12-15H2,1-7H3,(H,27,29)/t20?,25-/m0/s1. The fourth-order valence-corrected chi connectivity index (χ4v) is 4.58. The van der Waals surface area contributed by atoms with Crippen molar-refractivity contribution in [2.45, 2.75) is 73.0 Å². The van der Waals surface area contributed by atoms with E-state index >= 15 is 0 Å². The number of carbonyl (C=O) groups is 1. The molecule has 1 saturated heterocycles. The van der Waals surface area contributed by atoms with Crippen molar-refractivity contribution in [2.75, 3.05) is 18.4 Å². The molecule has 0 spiro atoms. The minimum absolute atomic E-state index is 0.00986. The van der Waals surface area contributed by atoms with Crippen molar-refractivity contribution in [2.24, 2.45) is 16.7 Å². The summed E-state index contributed by atoms with van der Waals surface area (Å²) in [7, 11) is 0. The first-order valence-electron chi connectivity index (χ1n) is 11.6. The molecule has 1 unspecified atom stereocenters. The number of halogens is 1. The number of aromatic nitrogens is 2. The van der Waals surface area contributed by atoms with Crippen LogP contribution in [0.5, 0.6) is 0 Å². The lowest BCUT2D eigenvalue weighted by atomic mass is 9.66. The van der Waals surface area contributed by atoms with Crippen molar-refractivity contribution in [3.63, 3.8) is 0 Å². The van der Waals surface area contributed by atoms with Gasteiger partial charge in [-0.15, -0.1) is 5.10 Å². The number of benzene rings is 1. The number of amides is 1. The van der Waals surface area contributed by atoms with Crippen LogP contribution < -0.4 is 5.32 Å². The summed E-state index contributed by atoms with van der Waals surface area (Å²) in [4.78, 5) is 15.4. The van der Waals surface area contributed by atoms with E-state index < -0.39 is 17.1 Å². The SMILES string of the molecule is CC(C)C(Nc1nnc(CC(C)(C)C)o1)C(=O)N1CC[C@](O)(c2ccc(Cl)cc2)C(C)(C)C1. The van der Waals surface area contributed by atoms with Gasteiger partial charge in [0, 0.05) is 29.9 Å². The van der Waals surface area contributed by atoms with Gasteiger partial charge in [0.15, 0.2) is 0 Å². The molecule has 33 heavy (non-hydrogen) atoms. The molecule has 2 N–H and O–H groups in total. The van der Waals surface area contributed by atoms with Crippen LogP contribution in [0.2, 0.25) is 5.02 Å². The van der Waals surface area contributed by atoms with Crippen LogP contribution in [0.15, 0.2) is 28.7 Å². The van der Waals surface area contributed by atoms with Gasteiger partial charge in [0.2, 0.25) is 11.8 Å². The lowest BCUT2D eigenvalue weighted by molar-refractivity contribution is -0.154. The number of carbonyl (C=O) groups excluding carboxylic acids is 1. The molecule has 3 rings (SSSR count). The third-order valence-electron chi connectivity index (χ3n) is 6.44. The van der Waals surface area contributed by atoms with Crippen molar-refractivity contribution in [3.8, 4) is 0 Å². The van der Waals surface area contributed by atoms with E-state index in [2.05, 4.69) is 36.3 Å². The van der Waals surface area contributed by atoms with Gasteiger partial charge in [0.1, 0.15) is 6.04 Å². The van der Waals surface area contributed by atoms with Crippen LogP contribution in [0, 0.1) is 16.7 Å². The third kappa shape index (κ3) is 5.69. The van der Waals surface area contributed by atoms with Gasteiger partial charge in [-0.05, 0) is 35.4 Å². The summed E-state index contributed by atoms with van der Waals surface area (Å²) in [5, 5.41) is 23.6. The predicted molar refractivity (Wildman–Crippen MR) is 130 cm³/mol. The number of nitrogens with zero attached hydrogens (tertiary/aromatic N) is 3. The van der Waals surface area contributed by atoms with Gasteiger partial charge < -0.3 is 19.7 Å². The second-order valence-electron chi connectivity index (χ2n) is 11.4. The summed E-state index contributed by atoms with van der Waals surface area (Å²) in [5.41, 5.74) is -0.763. The number of hydrogen-bond acceptors (Lipinski definition) is 6. The zero-order chi connectivity index (χ0) is 24.6. The van der Waals surface area contributed by atoms with Crippen molar-refractivity contribution >= 4 is 23.5 Å². The minimum atomic E-state index is -1.05. The largest absolute Gasteiger partial charge is 0.408 e. The first-order valence-corrected chi connectivity index (χ1v) is 12.0. The Morgan fingerprint density at radius 3 is 2.42 bits per heavy atom. The summed E-state index contributed by atoms with van der Waals surface area (Å²) >= 11 is 6.04. The van der Waals surface area contributed by atoms with Crippen LogP contribution in [0.1, 0.15) is 66.3 Å². The van der Waals surface area contributed by atoms with Crippen LogP contribution in [-0.4, -0.2) is 45.2 Å². The van der Waals surface area contributed by atoms with Crippen molar-refractivity contribution < 1.29 is 14.3 Å². The Hall–Kier alpha value is -2.12. The number of anilines is 1. The Balaban J connectivity index is 1.74. The maximum absolute atomic E-state index is 13.5. The van der Waals surface area contributed by atoms with E-state index in [1.54, 1.807) is 12.1 Å². The molecule has 1 fully saturated rings. The first-order chi connectivity index (χ1) is 15.2. The third-order valence-corrected chi connectivity index (χ3v) is 6.69. The molecule has 2 aromatic rings. The first kappa shape index (κ1) is 25.5. The Morgan fingerprint density at radius 1 is 1.24 bits per heavy atom. The fourth-order valence-electron chi connectivity index (χ4n) is 4.45. The molecule has 7 nitrogen and oxygen atoms in total. The Morgan fingerprint density at radius 2 is 1.88 bits per heavy atom. The Kier molecular flexibility index (Phi) is 7.16. The van der Waals surface area contributed by atoms with E-state index in [9.17, 15) is 9.90 Å². The number of rotatable bonds is 6. The number of nitrogens with one attached hydrogen (secondary N) is 1. The van der Waals surface area contributed by atoms with E-state index in [-0.39, 0.29) is 23.3 Å². The van der Waals surface area contributed by atoms with Gasteiger partial charge in [-0.2, -0.15) is 0 Å². The van der Waals surface area contributed by atoms with E-state index in [0.717, 1.165) is 5.56 Å². The highest BCUT2D eigenvalue weighted by Gasteiger charge is 2.50. The Bertz CT molecular complexity index is 965. The van der Waals surface area contributed by atoms with E-state index in [0.29, 0.717) is 36.8 Å². The van der Waals surface area contributed by atoms with Crippen LogP contribution in [0.4, 0.5) is 6.01 Å². The predicted octanol–water partition coefficient (Wildman–Crippen LogP) is 4.89. The average Bonchev–Trinajstić information content (AvgIpc) is 3.13. The molecule has 1 aliphatic heterocycles. The molecule has 0 radical (unpaired) electrons. The minimum Gasteiger partial charge on any atom is -0.408 e. The normalized spacial score (nSPS) is 21.8. The summed E-state index contributed by atoms with van der Waals surface area (Å²) in [5.74, 6) is 0.523. The highest BCUT2D eigenvalue weighted by Crippen LogP contribution is 2.46. The topological polar surface area (TPSA) is 91.5 Å². The van der Waals surface area contributed by atoms with Crippen LogP contribution >= 0.6 is 11.6 Å². The van der Waals surface area contributed by atoms with E-state index in [1.807, 2.05) is 44.7 Å². The van der Waals surface area contributed by atoms with Gasteiger partial charge in [-0.3, -0.25) is 4.79 Å². The molecule has 1 amide bonds. The van der Waals surface area contributed by atoms with Crippen molar-refractivity contribution in [1.29, 1.82) is 0 Å². The van der Waals surface area contributed by atoms with Crippen molar-refractivity contribution in [3.05, 3.63) is 40.7 Å². The van der Waals surface area contributed by atoms with Gasteiger partial charge in [-0.1, -0.05) is 77.3 Å². The smallest absolute Gasteiger partial charge is 0.316 e. The summed E-state index contributed by atoms with van der Waals surface area (Å²) in [6.45, 7) is 15.2. The van der Waals surface area contributed by atoms with Crippen LogP contribution in [0.25, 0.3) is 0 Å². The fraction of sp³-hybridized carbons (Fsp3) is 0.640. The lowest BCUT2D eigenvalue weighted by Gasteiger charge is -2.51. The molecular formula is C25H37ClN4O3. The lowest BCUT2D eigenvalue weighted by Crippen LogP contribution is -2.59. The molecule has 182 valence electrons. The zero-order valence-corrected chi connectivity index (χ0v) is 21.5. The number of piperidine rings is 1. The average molecular weight is 477 g/mol. The summed E-state index contributed by atoms with van der Waals surface area (Å²) in [6, 6.07) is 7.06. The van der Waals surface area contributed by atoms with Crippen LogP contribution in [0.3, 0.4) is 0 Å². The van der Waals surface area contributed by atoms with Crippen LogP contribution in [-0.2, 0) is 16.8 Å². The Labute approximate surface area is 201 Å². The van der Waals surface area contributed by atoms with Gasteiger partial charge >= 0.3 is 6.01 Å². The number of hydrogen-bond donors (Lipinski definition) is 2. The second kappa shape index (κ2) is 9.26. The summed E-state index contributed by atoms with van der Waals surface area (Å²) < 4.78 is 5.76. The van der Waals surface area contributed by atoms with E-state index in [4.69, 9.17) is 16.0 Å². The van der Waals surface area contributed by atoms with Gasteiger partial charge in [-0.25, -0.2) is 0 Å². The van der Waals surface area contributed by atoms with E-state index in [1.165, 1.54) is 0 Å². The molecule has 0 aliphatic carbocycles. The molecule has 1 aliphatic rings. The molecule has 2 atom stereocenters.